The molecule has 4 nitrogen and oxygen atoms in total. The molecule has 1 aromatic carbocycles. The van der Waals surface area contributed by atoms with E-state index in [1.165, 1.54) is 5.56 Å². The van der Waals surface area contributed by atoms with E-state index in [0.717, 1.165) is 45.8 Å². The Labute approximate surface area is 144 Å². The molecule has 1 aromatic heterocycles. The van der Waals surface area contributed by atoms with Gasteiger partial charge in [0.1, 0.15) is 12.9 Å². The summed E-state index contributed by atoms with van der Waals surface area (Å²) in [4.78, 5) is 9.57. The second-order valence-corrected chi connectivity index (χ2v) is 6.15. The first-order chi connectivity index (χ1) is 11.4. The van der Waals surface area contributed by atoms with Crippen LogP contribution in [0.5, 0.6) is 11.6 Å². The summed E-state index contributed by atoms with van der Waals surface area (Å²) in [5.74, 6) is 1.49. The van der Waals surface area contributed by atoms with Crippen molar-refractivity contribution in [3.05, 3.63) is 51.7 Å². The van der Waals surface area contributed by atoms with Crippen LogP contribution < -0.4 is 4.74 Å². The lowest BCUT2D eigenvalue weighted by molar-refractivity contribution is 0.213. The molecular formula is C20H26N2O2. The molecule has 2 rings (SSSR count). The predicted molar refractivity (Wildman–Crippen MR) is 98.3 cm³/mol. The molecule has 0 radical (unpaired) electrons. The Morgan fingerprint density at radius 3 is 2.21 bits per heavy atom. The number of pyridine rings is 1. The van der Waals surface area contributed by atoms with Crippen LogP contribution in [0.15, 0.2) is 23.4 Å². The number of aromatic nitrogens is 1. The van der Waals surface area contributed by atoms with Gasteiger partial charge < -0.3 is 9.57 Å². The topological polar surface area (TPSA) is 43.7 Å². The number of oxime groups is 1. The van der Waals surface area contributed by atoms with Gasteiger partial charge in [-0.05, 0) is 58.2 Å². The van der Waals surface area contributed by atoms with Crippen molar-refractivity contribution < 1.29 is 9.57 Å². The summed E-state index contributed by atoms with van der Waals surface area (Å²) in [6.45, 7) is 12.2. The molecule has 0 aliphatic carbocycles. The standard InChI is InChI=1S/C20H26N2O2/c1-8-18(22-23-7)17-11-15(5)21-20(16(17)6)24-19-13(3)9-12(2)10-14(19)4/h9-11H,8H2,1-7H3/b22-18-. The molecule has 0 spiro atoms. The summed E-state index contributed by atoms with van der Waals surface area (Å²) in [6, 6.07) is 6.27. The Kier molecular flexibility index (Phi) is 5.60. The maximum atomic E-state index is 6.21. The van der Waals surface area contributed by atoms with Gasteiger partial charge in [0, 0.05) is 16.8 Å². The van der Waals surface area contributed by atoms with Crippen molar-refractivity contribution in [2.45, 2.75) is 48.0 Å². The molecule has 0 bridgehead atoms. The van der Waals surface area contributed by atoms with Crippen LogP contribution in [0.3, 0.4) is 0 Å². The largest absolute Gasteiger partial charge is 0.438 e. The van der Waals surface area contributed by atoms with Gasteiger partial charge in [-0.2, -0.15) is 0 Å². The highest BCUT2D eigenvalue weighted by atomic mass is 16.6. The van der Waals surface area contributed by atoms with E-state index in [0.29, 0.717) is 5.88 Å². The first-order valence-corrected chi connectivity index (χ1v) is 8.21. The van der Waals surface area contributed by atoms with Gasteiger partial charge in [-0.15, -0.1) is 0 Å². The van der Waals surface area contributed by atoms with E-state index in [4.69, 9.17) is 9.57 Å². The second kappa shape index (κ2) is 7.47. The molecule has 0 N–H and O–H groups in total. The smallest absolute Gasteiger partial charge is 0.223 e. The quantitative estimate of drug-likeness (QED) is 0.562. The Balaban J connectivity index is 2.53. The maximum absolute atomic E-state index is 6.21. The molecule has 0 aliphatic rings. The monoisotopic (exact) mass is 326 g/mol. The lowest BCUT2D eigenvalue weighted by Gasteiger charge is -2.16. The van der Waals surface area contributed by atoms with Crippen molar-refractivity contribution in [1.29, 1.82) is 0 Å². The Morgan fingerprint density at radius 2 is 1.67 bits per heavy atom. The summed E-state index contributed by atoms with van der Waals surface area (Å²) in [6.07, 6.45) is 0.778. The van der Waals surface area contributed by atoms with Crippen molar-refractivity contribution in [2.24, 2.45) is 5.16 Å². The molecule has 2 aromatic rings. The Morgan fingerprint density at radius 1 is 1.04 bits per heavy atom. The fourth-order valence-corrected chi connectivity index (χ4v) is 2.95. The van der Waals surface area contributed by atoms with E-state index in [9.17, 15) is 0 Å². The third kappa shape index (κ3) is 3.75. The number of ether oxygens (including phenoxy) is 1. The molecule has 128 valence electrons. The minimum atomic E-state index is 0.623. The molecule has 24 heavy (non-hydrogen) atoms. The molecule has 0 atom stereocenters. The molecule has 0 saturated carbocycles. The van der Waals surface area contributed by atoms with Crippen LogP contribution in [0.2, 0.25) is 0 Å². The normalized spacial score (nSPS) is 11.5. The third-order valence-electron chi connectivity index (χ3n) is 4.01. The minimum absolute atomic E-state index is 0.623. The number of rotatable bonds is 5. The molecule has 4 heteroatoms. The Hall–Kier alpha value is -2.36. The summed E-state index contributed by atoms with van der Waals surface area (Å²) >= 11 is 0. The fraction of sp³-hybridized carbons (Fsp3) is 0.400. The number of benzene rings is 1. The summed E-state index contributed by atoms with van der Waals surface area (Å²) in [7, 11) is 1.56. The first-order valence-electron chi connectivity index (χ1n) is 8.21. The molecule has 0 saturated heterocycles. The second-order valence-electron chi connectivity index (χ2n) is 6.15. The highest BCUT2D eigenvalue weighted by Gasteiger charge is 2.16. The Bertz CT molecular complexity index is 756. The lowest BCUT2D eigenvalue weighted by atomic mass is 10.0. The lowest BCUT2D eigenvalue weighted by Crippen LogP contribution is -2.07. The van der Waals surface area contributed by atoms with Crippen LogP contribution >= 0.6 is 0 Å². The van der Waals surface area contributed by atoms with Crippen LogP contribution in [0.25, 0.3) is 0 Å². The average Bonchev–Trinajstić information content (AvgIpc) is 2.51. The first kappa shape index (κ1) is 18.0. The van der Waals surface area contributed by atoms with E-state index in [1.807, 2.05) is 19.9 Å². The van der Waals surface area contributed by atoms with Crippen molar-refractivity contribution >= 4 is 5.71 Å². The van der Waals surface area contributed by atoms with Crippen LogP contribution in [0.1, 0.15) is 46.9 Å². The molecular weight excluding hydrogens is 300 g/mol. The van der Waals surface area contributed by atoms with E-state index >= 15 is 0 Å². The van der Waals surface area contributed by atoms with Crippen LogP contribution in [-0.4, -0.2) is 17.8 Å². The zero-order valence-electron chi connectivity index (χ0n) is 15.7. The van der Waals surface area contributed by atoms with E-state index in [1.54, 1.807) is 7.11 Å². The van der Waals surface area contributed by atoms with Gasteiger partial charge in [-0.1, -0.05) is 29.8 Å². The van der Waals surface area contributed by atoms with Crippen molar-refractivity contribution in [1.82, 2.24) is 4.98 Å². The minimum Gasteiger partial charge on any atom is -0.438 e. The average molecular weight is 326 g/mol. The molecule has 0 amide bonds. The van der Waals surface area contributed by atoms with Crippen molar-refractivity contribution in [3.63, 3.8) is 0 Å². The molecule has 0 aliphatic heterocycles. The van der Waals surface area contributed by atoms with E-state index in [2.05, 4.69) is 50.0 Å². The zero-order valence-corrected chi connectivity index (χ0v) is 15.7. The highest BCUT2D eigenvalue weighted by Crippen LogP contribution is 2.32. The van der Waals surface area contributed by atoms with E-state index < -0.39 is 0 Å². The van der Waals surface area contributed by atoms with Gasteiger partial charge in [0.2, 0.25) is 5.88 Å². The van der Waals surface area contributed by atoms with Gasteiger partial charge in [0.25, 0.3) is 0 Å². The fourth-order valence-electron chi connectivity index (χ4n) is 2.95. The summed E-state index contributed by atoms with van der Waals surface area (Å²) < 4.78 is 6.21. The third-order valence-corrected chi connectivity index (χ3v) is 4.01. The molecule has 0 unspecified atom stereocenters. The van der Waals surface area contributed by atoms with Gasteiger partial charge in [-0.25, -0.2) is 4.98 Å². The predicted octanol–water partition coefficient (Wildman–Crippen LogP) is 5.18. The van der Waals surface area contributed by atoms with Gasteiger partial charge in [0.05, 0.1) is 5.71 Å². The SMILES string of the molecule is CC/C(=N/OC)c1cc(C)nc(Oc2c(C)cc(C)cc2C)c1C. The van der Waals surface area contributed by atoms with Crippen LogP contribution in [0, 0.1) is 34.6 Å². The molecule has 0 fully saturated rings. The summed E-state index contributed by atoms with van der Waals surface area (Å²) in [5.41, 5.74) is 7.22. The van der Waals surface area contributed by atoms with E-state index in [-0.39, 0.29) is 0 Å². The highest BCUT2D eigenvalue weighted by molar-refractivity contribution is 6.01. The maximum Gasteiger partial charge on any atom is 0.223 e. The summed E-state index contributed by atoms with van der Waals surface area (Å²) in [5, 5.41) is 4.14. The number of nitrogens with zero attached hydrogens (tertiary/aromatic N) is 2. The van der Waals surface area contributed by atoms with Crippen LogP contribution in [-0.2, 0) is 4.84 Å². The van der Waals surface area contributed by atoms with Gasteiger partial charge >= 0.3 is 0 Å². The van der Waals surface area contributed by atoms with Crippen molar-refractivity contribution in [3.8, 4) is 11.6 Å². The number of hydrogen-bond donors (Lipinski definition) is 0. The van der Waals surface area contributed by atoms with Crippen LogP contribution in [0.4, 0.5) is 0 Å². The van der Waals surface area contributed by atoms with Crippen molar-refractivity contribution in [2.75, 3.05) is 7.11 Å². The number of hydrogen-bond acceptors (Lipinski definition) is 4. The zero-order chi connectivity index (χ0) is 17.9. The van der Waals surface area contributed by atoms with Gasteiger partial charge in [-0.3, -0.25) is 0 Å². The number of aryl methyl sites for hydroxylation is 4. The van der Waals surface area contributed by atoms with Gasteiger partial charge in [0.15, 0.2) is 0 Å². The molecule has 1 heterocycles.